The van der Waals surface area contributed by atoms with Gasteiger partial charge in [-0.15, -0.1) is 0 Å². The minimum absolute atomic E-state index is 0.0692. The predicted molar refractivity (Wildman–Crippen MR) is 142 cm³/mol. The van der Waals surface area contributed by atoms with Crippen LogP contribution in [0.4, 0.5) is 14.6 Å². The first-order chi connectivity index (χ1) is 18.0. The lowest BCUT2D eigenvalue weighted by atomic mass is 9.99. The normalized spacial score (nSPS) is 17.9. The number of anilines is 1. The molecule has 1 aliphatic heterocycles. The van der Waals surface area contributed by atoms with Crippen LogP contribution in [0.2, 0.25) is 5.02 Å². The molecule has 1 unspecified atom stereocenters. The zero-order valence-corrected chi connectivity index (χ0v) is 22.9. The van der Waals surface area contributed by atoms with Gasteiger partial charge in [-0.3, -0.25) is 0 Å². The molecule has 12 heteroatoms. The Bertz CT molecular complexity index is 1270. The summed E-state index contributed by atoms with van der Waals surface area (Å²) in [5, 5.41) is 20.1. The summed E-state index contributed by atoms with van der Waals surface area (Å²) >= 11 is 6.58. The van der Waals surface area contributed by atoms with E-state index < -0.39 is 24.6 Å². The van der Waals surface area contributed by atoms with Crippen LogP contribution in [0.15, 0.2) is 22.7 Å². The lowest BCUT2D eigenvalue weighted by molar-refractivity contribution is -0.0402. The van der Waals surface area contributed by atoms with E-state index in [9.17, 15) is 13.9 Å². The van der Waals surface area contributed by atoms with Gasteiger partial charge in [0.25, 0.3) is 5.92 Å². The summed E-state index contributed by atoms with van der Waals surface area (Å²) < 4.78 is 41.0. The van der Waals surface area contributed by atoms with Crippen LogP contribution in [-0.4, -0.2) is 78.6 Å². The predicted octanol–water partition coefficient (Wildman–Crippen LogP) is 3.77. The zero-order chi connectivity index (χ0) is 27.6. The van der Waals surface area contributed by atoms with Gasteiger partial charge in [0, 0.05) is 24.7 Å². The Hall–Kier alpha value is -2.86. The van der Waals surface area contributed by atoms with Crippen LogP contribution in [0.1, 0.15) is 23.4 Å². The molecular formula is C26H33ClF2N6O3. The van der Waals surface area contributed by atoms with Gasteiger partial charge in [0.15, 0.2) is 5.82 Å². The Morgan fingerprint density at radius 1 is 1.32 bits per heavy atom. The fourth-order valence-electron chi connectivity index (χ4n) is 4.73. The molecule has 4 rings (SSSR count). The van der Waals surface area contributed by atoms with Crippen LogP contribution in [0.3, 0.4) is 0 Å². The summed E-state index contributed by atoms with van der Waals surface area (Å²) in [6, 6.07) is 3.96. The van der Waals surface area contributed by atoms with Gasteiger partial charge >= 0.3 is 0 Å². The van der Waals surface area contributed by atoms with Crippen molar-refractivity contribution in [2.24, 2.45) is 0 Å². The molecule has 0 saturated carbocycles. The van der Waals surface area contributed by atoms with Gasteiger partial charge in [-0.2, -0.15) is 0 Å². The van der Waals surface area contributed by atoms with Crippen molar-refractivity contribution in [3.05, 3.63) is 40.2 Å². The molecule has 9 nitrogen and oxygen atoms in total. The van der Waals surface area contributed by atoms with Crippen LogP contribution in [0.5, 0.6) is 5.75 Å². The summed E-state index contributed by atoms with van der Waals surface area (Å²) in [5.41, 5.74) is 2.91. The highest BCUT2D eigenvalue weighted by atomic mass is 35.5. The Morgan fingerprint density at radius 2 is 2.08 bits per heavy atom. The number of hydrogen-bond acceptors (Lipinski definition) is 9. The van der Waals surface area contributed by atoms with E-state index in [0.29, 0.717) is 63.5 Å². The molecule has 0 radical (unpaired) electrons. The minimum Gasteiger partial charge on any atom is -0.491 e. The van der Waals surface area contributed by atoms with Crippen molar-refractivity contribution < 1.29 is 23.1 Å². The van der Waals surface area contributed by atoms with Crippen molar-refractivity contribution >= 4 is 17.4 Å². The molecule has 38 heavy (non-hydrogen) atoms. The van der Waals surface area contributed by atoms with Gasteiger partial charge < -0.3 is 29.9 Å². The summed E-state index contributed by atoms with van der Waals surface area (Å²) in [5.74, 6) is -1.33. The number of nitrogens with zero attached hydrogens (tertiary/aromatic N) is 4. The maximum Gasteiger partial charge on any atom is 0.280 e. The van der Waals surface area contributed by atoms with Crippen molar-refractivity contribution in [2.45, 2.75) is 45.3 Å². The van der Waals surface area contributed by atoms with E-state index in [1.54, 1.807) is 53.1 Å². The molecule has 1 aliphatic rings. The quantitative estimate of drug-likeness (QED) is 0.367. The van der Waals surface area contributed by atoms with Crippen LogP contribution in [-0.2, 0) is 0 Å². The number of aliphatic hydroxyl groups excluding tert-OH is 1. The largest absolute Gasteiger partial charge is 0.491 e. The summed E-state index contributed by atoms with van der Waals surface area (Å²) in [7, 11) is 3.37. The number of hydrogen-bond donors (Lipinski definition) is 3. The van der Waals surface area contributed by atoms with Crippen LogP contribution in [0.25, 0.3) is 22.6 Å². The number of rotatable bonds is 9. The van der Waals surface area contributed by atoms with E-state index in [-0.39, 0.29) is 18.9 Å². The fraction of sp³-hybridized carbons (Fsp3) is 0.500. The second kappa shape index (κ2) is 11.5. The number of nitrogens with one attached hydrogen (secondary N) is 2. The summed E-state index contributed by atoms with van der Waals surface area (Å²) in [6.45, 7) is 5.90. The second-order valence-electron chi connectivity index (χ2n) is 9.56. The lowest BCUT2D eigenvalue weighted by Crippen LogP contribution is -2.56. The first-order valence-corrected chi connectivity index (χ1v) is 12.8. The third-order valence-corrected chi connectivity index (χ3v) is 7.03. The number of aromatic nitrogens is 3. The smallest absolute Gasteiger partial charge is 0.280 e. The molecule has 2 aromatic heterocycles. The molecule has 3 aromatic rings. The molecule has 1 saturated heterocycles. The Morgan fingerprint density at radius 3 is 2.74 bits per heavy atom. The van der Waals surface area contributed by atoms with Crippen LogP contribution in [0, 0.1) is 20.8 Å². The number of likely N-dealkylation sites (N-methyl/N-ethyl adjacent to an activating group) is 1. The van der Waals surface area contributed by atoms with Gasteiger partial charge in [-0.25, -0.2) is 18.7 Å². The molecular weight excluding hydrogens is 518 g/mol. The highest BCUT2D eigenvalue weighted by Gasteiger charge is 2.45. The first-order valence-electron chi connectivity index (χ1n) is 12.4. The lowest BCUT2D eigenvalue weighted by Gasteiger charge is -2.39. The molecule has 3 heterocycles. The SMILES string of the molecule is CNC[C@@H](O)COc1ccc(Cl)c(-c2nc(-c3c(C)noc3C)c(C)c(N(C)C3CCNCC3(F)F)n2)c1. The van der Waals surface area contributed by atoms with Crippen molar-refractivity contribution in [1.82, 2.24) is 25.8 Å². The first kappa shape index (κ1) is 28.2. The van der Waals surface area contributed by atoms with Crippen molar-refractivity contribution in [3.63, 3.8) is 0 Å². The van der Waals surface area contributed by atoms with Gasteiger partial charge in [0.05, 0.1) is 34.6 Å². The van der Waals surface area contributed by atoms with Gasteiger partial charge in [0.1, 0.15) is 30.0 Å². The zero-order valence-electron chi connectivity index (χ0n) is 22.1. The van der Waals surface area contributed by atoms with E-state index in [2.05, 4.69) is 15.8 Å². The van der Waals surface area contributed by atoms with Crippen LogP contribution < -0.4 is 20.3 Å². The van der Waals surface area contributed by atoms with Gasteiger partial charge in [-0.1, -0.05) is 16.8 Å². The molecule has 0 spiro atoms. The van der Waals surface area contributed by atoms with E-state index >= 15 is 0 Å². The number of ether oxygens (including phenoxy) is 1. The number of benzene rings is 1. The average Bonchev–Trinajstić information content (AvgIpc) is 3.21. The van der Waals surface area contributed by atoms with Crippen molar-refractivity contribution in [3.8, 4) is 28.4 Å². The van der Waals surface area contributed by atoms with Gasteiger partial charge in [-0.05, 0) is 59.0 Å². The number of halogens is 3. The van der Waals surface area contributed by atoms with E-state index in [1.165, 1.54) is 4.90 Å². The van der Waals surface area contributed by atoms with Gasteiger partial charge in [0.2, 0.25) is 0 Å². The van der Waals surface area contributed by atoms with E-state index in [4.69, 9.17) is 30.8 Å². The number of alkyl halides is 2. The summed E-state index contributed by atoms with van der Waals surface area (Å²) in [6.07, 6.45) is -0.449. The average molecular weight is 551 g/mol. The standard InChI is InChI=1S/C26H33ClF2N6O3/c1-14-23(22-15(2)34-38-16(22)3)32-24(33-25(14)35(5)21-8-9-31-13-26(21,28)29)19-10-18(6-7-20(19)27)37-12-17(36)11-30-4/h6-7,10,17,21,30-31,36H,8-9,11-13H2,1-5H3/t17-,21?/m1/s1. The fourth-order valence-corrected chi connectivity index (χ4v) is 4.94. The molecule has 3 N–H and O–H groups in total. The molecule has 206 valence electrons. The number of piperidine rings is 1. The van der Waals surface area contributed by atoms with Crippen LogP contribution >= 0.6 is 11.6 Å². The van der Waals surface area contributed by atoms with E-state index in [0.717, 1.165) is 0 Å². The summed E-state index contributed by atoms with van der Waals surface area (Å²) in [4.78, 5) is 11.1. The molecule has 2 atom stereocenters. The molecule has 0 aliphatic carbocycles. The maximum atomic E-state index is 14.9. The third-order valence-electron chi connectivity index (χ3n) is 6.70. The van der Waals surface area contributed by atoms with Crippen molar-refractivity contribution in [2.75, 3.05) is 45.2 Å². The third kappa shape index (κ3) is 5.75. The molecule has 1 aromatic carbocycles. The Labute approximate surface area is 225 Å². The Kier molecular flexibility index (Phi) is 8.51. The monoisotopic (exact) mass is 550 g/mol. The van der Waals surface area contributed by atoms with Crippen molar-refractivity contribution in [1.29, 1.82) is 0 Å². The molecule has 1 fully saturated rings. The highest BCUT2D eigenvalue weighted by Crippen LogP contribution is 2.39. The highest BCUT2D eigenvalue weighted by molar-refractivity contribution is 6.33. The minimum atomic E-state index is -2.95. The Balaban J connectivity index is 1.84. The van der Waals surface area contributed by atoms with E-state index in [1.807, 2.05) is 0 Å². The maximum absolute atomic E-state index is 14.9. The molecule has 0 amide bonds. The molecule has 0 bridgehead atoms. The number of aliphatic hydroxyl groups is 1. The number of aryl methyl sites for hydroxylation is 2. The topological polar surface area (TPSA) is 109 Å². The second-order valence-corrected chi connectivity index (χ2v) is 9.97.